The van der Waals surface area contributed by atoms with Gasteiger partial charge in [0.25, 0.3) is 0 Å². The van der Waals surface area contributed by atoms with Gasteiger partial charge in [-0.3, -0.25) is 14.4 Å². The molecule has 0 spiro atoms. The van der Waals surface area contributed by atoms with E-state index >= 15 is 0 Å². The van der Waals surface area contributed by atoms with Crippen molar-refractivity contribution in [1.82, 2.24) is 10.6 Å². The molecule has 0 bridgehead atoms. The summed E-state index contributed by atoms with van der Waals surface area (Å²) in [5.41, 5.74) is 5.44. The Morgan fingerprint density at radius 2 is 1.61 bits per heavy atom. The predicted molar refractivity (Wildman–Crippen MR) is 85.0 cm³/mol. The van der Waals surface area contributed by atoms with E-state index in [2.05, 4.69) is 10.6 Å². The van der Waals surface area contributed by atoms with E-state index in [1.54, 1.807) is 0 Å². The minimum Gasteiger partial charge on any atom is -0.481 e. The van der Waals surface area contributed by atoms with Crippen LogP contribution in [-0.4, -0.2) is 64.1 Å². The lowest BCUT2D eigenvalue weighted by Crippen LogP contribution is -2.54. The first-order chi connectivity index (χ1) is 10.7. The number of rotatable bonds is 11. The van der Waals surface area contributed by atoms with Gasteiger partial charge in [0.05, 0.1) is 6.04 Å². The molecule has 23 heavy (non-hydrogen) atoms. The summed E-state index contributed by atoms with van der Waals surface area (Å²) in [5.74, 6) is -3.12. The Balaban J connectivity index is 4.85. The number of amides is 2. The summed E-state index contributed by atoms with van der Waals surface area (Å²) >= 11 is 1.47. The molecule has 0 fully saturated rings. The number of nitrogens with one attached hydrogen (secondary N) is 2. The first kappa shape index (κ1) is 21.2. The molecular weight excluding hydrogens is 326 g/mol. The van der Waals surface area contributed by atoms with Gasteiger partial charge in [0, 0.05) is 6.42 Å². The monoisotopic (exact) mass is 349 g/mol. The molecule has 9 nitrogen and oxygen atoms in total. The lowest BCUT2D eigenvalue weighted by Gasteiger charge is -2.21. The molecule has 0 aliphatic carbocycles. The van der Waals surface area contributed by atoms with Crippen LogP contribution in [0.15, 0.2) is 0 Å². The summed E-state index contributed by atoms with van der Waals surface area (Å²) in [6.07, 6.45) is 1.50. The fraction of sp³-hybridized carbons (Fsp3) is 0.692. The molecule has 0 rings (SSSR count). The lowest BCUT2D eigenvalue weighted by atomic mass is 10.1. The van der Waals surface area contributed by atoms with Crippen molar-refractivity contribution < 1.29 is 29.4 Å². The second-order valence-electron chi connectivity index (χ2n) is 4.96. The molecule has 2 amide bonds. The van der Waals surface area contributed by atoms with E-state index in [1.807, 2.05) is 6.26 Å². The predicted octanol–water partition coefficient (Wildman–Crippen LogP) is -0.994. The molecule has 10 heteroatoms. The summed E-state index contributed by atoms with van der Waals surface area (Å²) in [5, 5.41) is 22.4. The first-order valence-electron chi connectivity index (χ1n) is 6.98. The number of thioether (sulfide) groups is 1. The van der Waals surface area contributed by atoms with Gasteiger partial charge in [0.1, 0.15) is 12.1 Å². The van der Waals surface area contributed by atoms with Crippen LogP contribution in [0.2, 0.25) is 0 Å². The maximum absolute atomic E-state index is 12.2. The molecule has 0 saturated carbocycles. The van der Waals surface area contributed by atoms with Crippen LogP contribution in [0.1, 0.15) is 26.2 Å². The molecule has 6 N–H and O–H groups in total. The van der Waals surface area contributed by atoms with Crippen molar-refractivity contribution >= 4 is 35.5 Å². The maximum atomic E-state index is 12.2. The highest BCUT2D eigenvalue weighted by atomic mass is 32.2. The summed E-state index contributed by atoms with van der Waals surface area (Å²) < 4.78 is 0. The van der Waals surface area contributed by atoms with Crippen LogP contribution in [0.5, 0.6) is 0 Å². The third kappa shape index (κ3) is 9.04. The summed E-state index contributed by atoms with van der Waals surface area (Å²) in [7, 11) is 0. The normalized spacial score (nSPS) is 14.4. The smallest absolute Gasteiger partial charge is 0.326 e. The molecule has 0 radical (unpaired) electrons. The number of hydrogen-bond acceptors (Lipinski definition) is 6. The van der Waals surface area contributed by atoms with Gasteiger partial charge >= 0.3 is 11.9 Å². The Labute approximate surface area is 138 Å². The molecule has 3 atom stereocenters. The average Bonchev–Trinajstić information content (AvgIpc) is 2.46. The topological polar surface area (TPSA) is 159 Å². The van der Waals surface area contributed by atoms with E-state index in [-0.39, 0.29) is 12.8 Å². The zero-order chi connectivity index (χ0) is 18.0. The number of aliphatic carboxylic acids is 2. The molecule has 0 aliphatic heterocycles. The molecule has 0 aliphatic rings. The summed E-state index contributed by atoms with van der Waals surface area (Å²) in [6, 6.07) is -3.06. The molecule has 0 aromatic rings. The highest BCUT2D eigenvalue weighted by Gasteiger charge is 2.27. The van der Waals surface area contributed by atoms with Gasteiger partial charge in [-0.25, -0.2) is 4.79 Å². The van der Waals surface area contributed by atoms with E-state index in [0.29, 0.717) is 12.2 Å². The second-order valence-corrected chi connectivity index (χ2v) is 5.95. The third-order valence-corrected chi connectivity index (χ3v) is 3.56. The van der Waals surface area contributed by atoms with Gasteiger partial charge < -0.3 is 26.6 Å². The standard InChI is InChI=1S/C13H23N3O6S/c1-7(14)11(19)15-8(5-6-23-2)12(20)16-9(13(21)22)3-4-10(17)18/h7-9H,3-6,14H2,1-2H3,(H,15,19)(H,16,20)(H,17,18)(H,21,22). The lowest BCUT2D eigenvalue weighted by molar-refractivity contribution is -0.143. The molecule has 0 heterocycles. The maximum Gasteiger partial charge on any atom is 0.326 e. The Morgan fingerprint density at radius 3 is 2.04 bits per heavy atom. The number of carbonyl (C=O) groups is 4. The molecule has 3 unspecified atom stereocenters. The third-order valence-electron chi connectivity index (χ3n) is 2.92. The van der Waals surface area contributed by atoms with Crippen LogP contribution in [0, 0.1) is 0 Å². The van der Waals surface area contributed by atoms with Gasteiger partial charge in [-0.05, 0) is 31.8 Å². The van der Waals surface area contributed by atoms with E-state index in [1.165, 1.54) is 18.7 Å². The quantitative estimate of drug-likeness (QED) is 0.318. The number of carboxylic acid groups (broad SMARTS) is 2. The van der Waals surface area contributed by atoms with E-state index < -0.39 is 41.9 Å². The minimum absolute atomic E-state index is 0.243. The van der Waals surface area contributed by atoms with Gasteiger partial charge in [0.2, 0.25) is 11.8 Å². The van der Waals surface area contributed by atoms with Crippen molar-refractivity contribution in [3.63, 3.8) is 0 Å². The van der Waals surface area contributed by atoms with Gasteiger partial charge in [-0.2, -0.15) is 11.8 Å². The van der Waals surface area contributed by atoms with Crippen molar-refractivity contribution in [2.75, 3.05) is 12.0 Å². The summed E-state index contributed by atoms with van der Waals surface area (Å²) in [6.45, 7) is 1.46. The Morgan fingerprint density at radius 1 is 1.04 bits per heavy atom. The minimum atomic E-state index is -1.33. The zero-order valence-corrected chi connectivity index (χ0v) is 13.9. The molecular formula is C13H23N3O6S. The fourth-order valence-electron chi connectivity index (χ4n) is 1.61. The van der Waals surface area contributed by atoms with Crippen LogP contribution in [-0.2, 0) is 19.2 Å². The summed E-state index contributed by atoms with van der Waals surface area (Å²) in [4.78, 5) is 45.4. The first-order valence-corrected chi connectivity index (χ1v) is 8.38. The van der Waals surface area contributed by atoms with Crippen LogP contribution >= 0.6 is 11.8 Å². The van der Waals surface area contributed by atoms with Crippen molar-refractivity contribution in [1.29, 1.82) is 0 Å². The van der Waals surface area contributed by atoms with Crippen LogP contribution in [0.25, 0.3) is 0 Å². The van der Waals surface area contributed by atoms with Crippen LogP contribution < -0.4 is 16.4 Å². The van der Waals surface area contributed by atoms with E-state index in [4.69, 9.17) is 15.9 Å². The van der Waals surface area contributed by atoms with Crippen molar-refractivity contribution in [2.24, 2.45) is 5.73 Å². The van der Waals surface area contributed by atoms with E-state index in [9.17, 15) is 19.2 Å². The molecule has 132 valence electrons. The molecule has 0 saturated heterocycles. The largest absolute Gasteiger partial charge is 0.481 e. The second kappa shape index (κ2) is 10.8. The van der Waals surface area contributed by atoms with Crippen molar-refractivity contribution in [3.05, 3.63) is 0 Å². The Kier molecular flexibility index (Phi) is 9.99. The van der Waals surface area contributed by atoms with E-state index in [0.717, 1.165) is 0 Å². The molecule has 0 aromatic heterocycles. The van der Waals surface area contributed by atoms with Gasteiger partial charge in [-0.15, -0.1) is 0 Å². The van der Waals surface area contributed by atoms with Gasteiger partial charge in [0.15, 0.2) is 0 Å². The SMILES string of the molecule is CSCCC(NC(=O)C(C)N)C(=O)NC(CCC(=O)O)C(=O)O. The number of carboxylic acids is 2. The van der Waals surface area contributed by atoms with Crippen molar-refractivity contribution in [3.8, 4) is 0 Å². The Hall–Kier alpha value is -1.81. The zero-order valence-electron chi connectivity index (χ0n) is 13.1. The number of carbonyl (C=O) groups excluding carboxylic acids is 2. The Bertz CT molecular complexity index is 443. The van der Waals surface area contributed by atoms with Crippen molar-refractivity contribution in [2.45, 2.75) is 44.3 Å². The van der Waals surface area contributed by atoms with Gasteiger partial charge in [-0.1, -0.05) is 0 Å². The van der Waals surface area contributed by atoms with Crippen LogP contribution in [0.4, 0.5) is 0 Å². The van der Waals surface area contributed by atoms with Crippen LogP contribution in [0.3, 0.4) is 0 Å². The molecule has 0 aromatic carbocycles. The number of nitrogens with two attached hydrogens (primary N) is 1. The fourth-order valence-corrected chi connectivity index (χ4v) is 2.08. The average molecular weight is 349 g/mol. The highest BCUT2D eigenvalue weighted by molar-refractivity contribution is 7.98. The highest BCUT2D eigenvalue weighted by Crippen LogP contribution is 2.04. The number of hydrogen-bond donors (Lipinski definition) is 5.